The van der Waals surface area contributed by atoms with Crippen molar-refractivity contribution in [3.8, 4) is 0 Å². The molecule has 2 fully saturated rings. The van der Waals surface area contributed by atoms with Gasteiger partial charge in [0, 0.05) is 29.9 Å². The third kappa shape index (κ3) is 7.58. The Morgan fingerprint density at radius 1 is 0.852 bits per heavy atom. The van der Waals surface area contributed by atoms with Crippen molar-refractivity contribution >= 4 is 19.2 Å². The molecular formula is C18H29N2O6P. The van der Waals surface area contributed by atoms with Gasteiger partial charge in [-0.2, -0.15) is 0 Å². The Labute approximate surface area is 159 Å². The first-order valence-corrected chi connectivity index (χ1v) is 11.1. The minimum atomic E-state index is -4.64. The second kappa shape index (κ2) is 10.2. The zero-order valence-corrected chi connectivity index (χ0v) is 16.3. The Balaban J connectivity index is 0.000000465. The van der Waals surface area contributed by atoms with Gasteiger partial charge in [-0.1, -0.05) is 38.5 Å². The minimum absolute atomic E-state index is 0.191. The molecule has 0 unspecified atom stereocenters. The Morgan fingerprint density at radius 2 is 1.22 bits per heavy atom. The molecule has 3 rings (SSSR count). The molecule has 27 heavy (non-hydrogen) atoms. The molecule has 3 N–H and O–H groups in total. The highest BCUT2D eigenvalue weighted by molar-refractivity contribution is 7.45. The molecule has 1 aromatic carbocycles. The number of benzene rings is 1. The average Bonchev–Trinajstić information content (AvgIpc) is 2.63. The zero-order chi connectivity index (χ0) is 19.9. The average molecular weight is 400 g/mol. The van der Waals surface area contributed by atoms with Gasteiger partial charge >= 0.3 is 7.82 Å². The molecule has 0 spiro atoms. The van der Waals surface area contributed by atoms with Gasteiger partial charge in [0.25, 0.3) is 5.69 Å². The van der Waals surface area contributed by atoms with E-state index < -0.39 is 7.82 Å². The van der Waals surface area contributed by atoms with Gasteiger partial charge in [-0.05, 0) is 37.8 Å². The number of nitro benzene ring substituents is 1. The molecule has 0 atom stereocenters. The van der Waals surface area contributed by atoms with Crippen molar-refractivity contribution in [1.82, 2.24) is 0 Å². The highest BCUT2D eigenvalue weighted by Gasteiger charge is 2.29. The summed E-state index contributed by atoms with van der Waals surface area (Å²) in [7, 11) is -4.64. The van der Waals surface area contributed by atoms with Gasteiger partial charge < -0.3 is 19.6 Å². The Morgan fingerprint density at radius 3 is 1.56 bits per heavy atom. The van der Waals surface area contributed by atoms with Crippen LogP contribution < -0.4 is 4.90 Å². The van der Waals surface area contributed by atoms with Gasteiger partial charge in [0.1, 0.15) is 0 Å². The first-order valence-electron chi connectivity index (χ1n) is 9.57. The number of hydrogen-bond donors (Lipinski definition) is 3. The largest absolute Gasteiger partial charge is 0.466 e. The molecule has 2 saturated carbocycles. The molecule has 0 heterocycles. The summed E-state index contributed by atoms with van der Waals surface area (Å²) in [6.07, 6.45) is 13.1. The lowest BCUT2D eigenvalue weighted by Crippen LogP contribution is -2.45. The molecule has 2 aliphatic carbocycles. The molecule has 0 amide bonds. The Kier molecular flexibility index (Phi) is 8.23. The normalized spacial score (nSPS) is 19.1. The zero-order valence-electron chi connectivity index (χ0n) is 15.4. The van der Waals surface area contributed by atoms with Gasteiger partial charge in [0.05, 0.1) is 4.92 Å². The van der Waals surface area contributed by atoms with Gasteiger partial charge in [0.15, 0.2) is 0 Å². The molecule has 0 bridgehead atoms. The van der Waals surface area contributed by atoms with E-state index in [4.69, 9.17) is 19.2 Å². The maximum absolute atomic E-state index is 10.9. The molecule has 0 radical (unpaired) electrons. The van der Waals surface area contributed by atoms with Crippen molar-refractivity contribution in [2.45, 2.75) is 76.3 Å². The summed E-state index contributed by atoms with van der Waals surface area (Å²) < 4.78 is 8.88. The lowest BCUT2D eigenvalue weighted by atomic mass is 9.88. The van der Waals surface area contributed by atoms with Crippen molar-refractivity contribution in [1.29, 1.82) is 0 Å². The van der Waals surface area contributed by atoms with Crippen LogP contribution in [0.1, 0.15) is 64.2 Å². The summed E-state index contributed by atoms with van der Waals surface area (Å²) in [5.74, 6) is 0. The Hall–Kier alpha value is -1.47. The van der Waals surface area contributed by atoms with Gasteiger partial charge in [-0.15, -0.1) is 0 Å². The van der Waals surface area contributed by atoms with Gasteiger partial charge in [0.2, 0.25) is 0 Å². The smallest absolute Gasteiger partial charge is 0.366 e. The highest BCUT2D eigenvalue weighted by Crippen LogP contribution is 2.34. The second-order valence-corrected chi connectivity index (χ2v) is 8.30. The van der Waals surface area contributed by atoms with Gasteiger partial charge in [-0.3, -0.25) is 10.1 Å². The van der Waals surface area contributed by atoms with Gasteiger partial charge in [-0.25, -0.2) is 4.57 Å². The maximum Gasteiger partial charge on any atom is 0.466 e. The standard InChI is InChI=1S/C18H26N2O2.H3O4P/c21-20(22)18-13-11-17(12-14-18)19(15-7-3-1-4-8-15)16-9-5-2-6-10-16;1-5(2,3)4/h11-16H,1-10H2;(H3,1,2,3,4). The van der Waals surface area contributed by atoms with E-state index in [1.165, 1.54) is 69.9 Å². The fourth-order valence-electron chi connectivity index (χ4n) is 4.18. The lowest BCUT2D eigenvalue weighted by Gasteiger charge is -2.43. The van der Waals surface area contributed by atoms with E-state index in [1.807, 2.05) is 12.1 Å². The third-order valence-corrected chi connectivity index (χ3v) is 5.29. The molecule has 1 aromatic rings. The maximum atomic E-state index is 10.9. The fourth-order valence-corrected chi connectivity index (χ4v) is 4.18. The first kappa shape index (κ1) is 21.8. The monoisotopic (exact) mass is 400 g/mol. The molecule has 8 nitrogen and oxygen atoms in total. The number of non-ortho nitro benzene ring substituents is 1. The third-order valence-electron chi connectivity index (χ3n) is 5.29. The molecule has 152 valence electrons. The van der Waals surface area contributed by atoms with Crippen molar-refractivity contribution < 1.29 is 24.2 Å². The number of phosphoric acid groups is 1. The molecule has 0 aliphatic heterocycles. The minimum Gasteiger partial charge on any atom is -0.366 e. The first-order chi connectivity index (χ1) is 12.8. The number of nitro groups is 1. The Bertz CT molecular complexity index is 609. The lowest BCUT2D eigenvalue weighted by molar-refractivity contribution is -0.384. The van der Waals surface area contributed by atoms with Crippen LogP contribution in [0.15, 0.2) is 24.3 Å². The summed E-state index contributed by atoms with van der Waals surface area (Å²) in [5.41, 5.74) is 1.38. The quantitative estimate of drug-likeness (QED) is 0.394. The predicted octanol–water partition coefficient (Wildman–Crippen LogP) is 4.14. The van der Waals surface area contributed by atoms with Crippen LogP contribution in [-0.2, 0) is 4.57 Å². The van der Waals surface area contributed by atoms with Crippen LogP contribution in [0.3, 0.4) is 0 Å². The van der Waals surface area contributed by atoms with Crippen LogP contribution in [0.25, 0.3) is 0 Å². The highest BCUT2D eigenvalue weighted by atomic mass is 31.2. The molecule has 0 saturated heterocycles. The van der Waals surface area contributed by atoms with E-state index >= 15 is 0 Å². The van der Waals surface area contributed by atoms with Crippen molar-refractivity contribution in [2.24, 2.45) is 0 Å². The van der Waals surface area contributed by atoms with Crippen LogP contribution in [-0.4, -0.2) is 31.7 Å². The van der Waals surface area contributed by atoms with Crippen LogP contribution >= 0.6 is 7.82 Å². The van der Waals surface area contributed by atoms with Crippen LogP contribution in [0, 0.1) is 10.1 Å². The molecular weight excluding hydrogens is 371 g/mol. The number of rotatable bonds is 4. The predicted molar refractivity (Wildman–Crippen MR) is 104 cm³/mol. The SMILES string of the molecule is O=P(O)(O)O.O=[N+]([O-])c1ccc(N(C2CCCCC2)C2CCCCC2)cc1. The summed E-state index contributed by atoms with van der Waals surface area (Å²) in [5, 5.41) is 10.9. The van der Waals surface area contributed by atoms with Crippen molar-refractivity contribution in [3.05, 3.63) is 34.4 Å². The van der Waals surface area contributed by atoms with E-state index in [-0.39, 0.29) is 10.6 Å². The summed E-state index contributed by atoms with van der Waals surface area (Å²) in [4.78, 5) is 34.7. The summed E-state index contributed by atoms with van der Waals surface area (Å²) in [6, 6.07) is 8.49. The summed E-state index contributed by atoms with van der Waals surface area (Å²) in [6.45, 7) is 0. The molecule has 9 heteroatoms. The fraction of sp³-hybridized carbons (Fsp3) is 0.667. The van der Waals surface area contributed by atoms with Crippen LogP contribution in [0.5, 0.6) is 0 Å². The van der Waals surface area contributed by atoms with E-state index in [1.54, 1.807) is 12.1 Å². The van der Waals surface area contributed by atoms with Crippen molar-refractivity contribution in [2.75, 3.05) is 4.90 Å². The van der Waals surface area contributed by atoms with Crippen molar-refractivity contribution in [3.63, 3.8) is 0 Å². The second-order valence-electron chi connectivity index (χ2n) is 7.28. The van der Waals surface area contributed by atoms with E-state index in [2.05, 4.69) is 4.90 Å². The number of hydrogen-bond acceptors (Lipinski definition) is 4. The summed E-state index contributed by atoms with van der Waals surface area (Å²) >= 11 is 0. The topological polar surface area (TPSA) is 124 Å². The van der Waals surface area contributed by atoms with E-state index in [9.17, 15) is 10.1 Å². The number of anilines is 1. The van der Waals surface area contributed by atoms with E-state index in [0.29, 0.717) is 12.1 Å². The van der Waals surface area contributed by atoms with Crippen LogP contribution in [0.4, 0.5) is 11.4 Å². The number of nitrogens with zero attached hydrogens (tertiary/aromatic N) is 2. The van der Waals surface area contributed by atoms with E-state index in [0.717, 1.165) is 0 Å². The molecule has 2 aliphatic rings. The molecule has 0 aromatic heterocycles. The van der Waals surface area contributed by atoms with Crippen LogP contribution in [0.2, 0.25) is 0 Å².